The number of aromatic nitrogens is 5. The summed E-state index contributed by atoms with van der Waals surface area (Å²) in [7, 11) is 0. The summed E-state index contributed by atoms with van der Waals surface area (Å²) in [6, 6.07) is 5.83. The number of nitrogens with one attached hydrogen (secondary N) is 2. The van der Waals surface area contributed by atoms with Crippen molar-refractivity contribution < 1.29 is 9.59 Å². The van der Waals surface area contributed by atoms with Crippen molar-refractivity contribution in [3.05, 3.63) is 35.0 Å². The van der Waals surface area contributed by atoms with E-state index in [1.807, 2.05) is 48.9 Å². The van der Waals surface area contributed by atoms with Gasteiger partial charge < -0.3 is 4.57 Å². The van der Waals surface area contributed by atoms with E-state index < -0.39 is 0 Å². The molecule has 0 aromatic carbocycles. The summed E-state index contributed by atoms with van der Waals surface area (Å²) >= 11 is 2.86. The first kappa shape index (κ1) is 20.1. The fourth-order valence-electron chi connectivity index (χ4n) is 2.58. The molecular formula is C17H21N7O2S2. The van der Waals surface area contributed by atoms with Gasteiger partial charge in [0, 0.05) is 12.2 Å². The normalized spacial score (nSPS) is 10.8. The lowest BCUT2D eigenvalue weighted by molar-refractivity contribution is -0.128. The number of carbonyl (C=O) groups is 2. The molecule has 3 aromatic heterocycles. The second-order valence-corrected chi connectivity index (χ2v) is 7.89. The summed E-state index contributed by atoms with van der Waals surface area (Å²) in [6.45, 7) is 6.48. The van der Waals surface area contributed by atoms with Crippen LogP contribution >= 0.6 is 23.1 Å². The zero-order valence-corrected chi connectivity index (χ0v) is 17.4. The summed E-state index contributed by atoms with van der Waals surface area (Å²) < 4.78 is 3.55. The van der Waals surface area contributed by atoms with Crippen molar-refractivity contribution in [1.82, 2.24) is 35.4 Å². The van der Waals surface area contributed by atoms with Gasteiger partial charge in [-0.15, -0.1) is 21.5 Å². The number of thiophene rings is 1. The van der Waals surface area contributed by atoms with Crippen molar-refractivity contribution in [1.29, 1.82) is 0 Å². The van der Waals surface area contributed by atoms with Gasteiger partial charge in [0.15, 0.2) is 11.0 Å². The van der Waals surface area contributed by atoms with E-state index in [0.717, 1.165) is 22.1 Å². The Bertz CT molecular complexity index is 962. The van der Waals surface area contributed by atoms with Gasteiger partial charge in [-0.25, -0.2) is 0 Å². The molecule has 0 aliphatic rings. The molecule has 3 heterocycles. The van der Waals surface area contributed by atoms with Crippen LogP contribution in [-0.4, -0.2) is 42.1 Å². The van der Waals surface area contributed by atoms with Crippen LogP contribution in [0.15, 0.2) is 28.7 Å². The quantitative estimate of drug-likeness (QED) is 0.447. The maximum absolute atomic E-state index is 12.1. The van der Waals surface area contributed by atoms with E-state index in [2.05, 4.69) is 26.1 Å². The Kier molecular flexibility index (Phi) is 6.47. The minimum absolute atomic E-state index is 0.0431. The molecule has 148 valence electrons. The highest BCUT2D eigenvalue weighted by Crippen LogP contribution is 2.26. The SMILES string of the molecule is CCn1c(SCC(=O)NNC(=O)Cn2nc(C)cc2C)nnc1-c1cccs1. The average Bonchev–Trinajstić information content (AvgIpc) is 3.38. The third-order valence-corrected chi connectivity index (χ3v) is 5.68. The first-order valence-electron chi connectivity index (χ1n) is 8.66. The highest BCUT2D eigenvalue weighted by atomic mass is 32.2. The molecule has 0 radical (unpaired) electrons. The van der Waals surface area contributed by atoms with Gasteiger partial charge in [-0.3, -0.25) is 25.1 Å². The van der Waals surface area contributed by atoms with E-state index in [0.29, 0.717) is 11.7 Å². The van der Waals surface area contributed by atoms with Crippen molar-refractivity contribution >= 4 is 34.9 Å². The Morgan fingerprint density at radius 1 is 1.21 bits per heavy atom. The molecule has 0 spiro atoms. The molecule has 28 heavy (non-hydrogen) atoms. The first-order chi connectivity index (χ1) is 13.5. The van der Waals surface area contributed by atoms with Gasteiger partial charge in [0.25, 0.3) is 5.91 Å². The van der Waals surface area contributed by atoms with E-state index in [1.165, 1.54) is 11.8 Å². The van der Waals surface area contributed by atoms with Crippen LogP contribution in [0.25, 0.3) is 10.7 Å². The number of hydrogen-bond acceptors (Lipinski definition) is 7. The second kappa shape index (κ2) is 9.02. The molecular weight excluding hydrogens is 398 g/mol. The Balaban J connectivity index is 1.49. The van der Waals surface area contributed by atoms with Crippen molar-refractivity contribution in [2.24, 2.45) is 0 Å². The van der Waals surface area contributed by atoms with Gasteiger partial charge >= 0.3 is 0 Å². The smallest absolute Gasteiger partial charge is 0.260 e. The maximum Gasteiger partial charge on any atom is 0.260 e. The molecule has 0 bridgehead atoms. The lowest BCUT2D eigenvalue weighted by atomic mass is 10.4. The molecule has 0 fully saturated rings. The molecule has 3 rings (SSSR count). The molecule has 0 aliphatic heterocycles. The van der Waals surface area contributed by atoms with Crippen LogP contribution in [0.4, 0.5) is 0 Å². The molecule has 3 aromatic rings. The minimum atomic E-state index is -0.346. The van der Waals surface area contributed by atoms with Crippen molar-refractivity contribution in [2.45, 2.75) is 39.0 Å². The van der Waals surface area contributed by atoms with E-state index in [4.69, 9.17) is 0 Å². The van der Waals surface area contributed by atoms with E-state index in [1.54, 1.807) is 16.0 Å². The lowest BCUT2D eigenvalue weighted by Crippen LogP contribution is -2.44. The largest absolute Gasteiger partial charge is 0.302 e. The van der Waals surface area contributed by atoms with Gasteiger partial charge in [0.2, 0.25) is 5.91 Å². The van der Waals surface area contributed by atoms with Crippen LogP contribution < -0.4 is 10.9 Å². The number of hydrazine groups is 1. The third-order valence-electron chi connectivity index (χ3n) is 3.85. The van der Waals surface area contributed by atoms with Crippen molar-refractivity contribution in [3.63, 3.8) is 0 Å². The van der Waals surface area contributed by atoms with Crippen LogP contribution in [0.5, 0.6) is 0 Å². The van der Waals surface area contributed by atoms with Crippen molar-refractivity contribution in [2.75, 3.05) is 5.75 Å². The molecule has 2 N–H and O–H groups in total. The number of nitrogens with zero attached hydrogens (tertiary/aromatic N) is 5. The molecule has 9 nitrogen and oxygen atoms in total. The number of rotatable bonds is 7. The second-order valence-electron chi connectivity index (χ2n) is 6.00. The number of carbonyl (C=O) groups excluding carboxylic acids is 2. The average molecular weight is 420 g/mol. The molecule has 0 aliphatic carbocycles. The summed E-state index contributed by atoms with van der Waals surface area (Å²) in [4.78, 5) is 25.1. The highest BCUT2D eigenvalue weighted by molar-refractivity contribution is 7.99. The predicted molar refractivity (Wildman–Crippen MR) is 108 cm³/mol. The first-order valence-corrected chi connectivity index (χ1v) is 10.5. The fourth-order valence-corrected chi connectivity index (χ4v) is 4.10. The standard InChI is InChI=1S/C17H21N7O2S2/c1-4-23-16(13-6-5-7-27-13)20-21-17(23)28-10-15(26)19-18-14(25)9-24-12(3)8-11(2)22-24/h5-8H,4,9-10H2,1-3H3,(H,18,25)(H,19,26). The highest BCUT2D eigenvalue weighted by Gasteiger charge is 2.15. The van der Waals surface area contributed by atoms with Crippen LogP contribution in [0.2, 0.25) is 0 Å². The zero-order chi connectivity index (χ0) is 20.1. The van der Waals surface area contributed by atoms with E-state index in [9.17, 15) is 9.59 Å². The molecule has 0 atom stereocenters. The monoisotopic (exact) mass is 419 g/mol. The minimum Gasteiger partial charge on any atom is -0.302 e. The summed E-state index contributed by atoms with van der Waals surface area (Å²) in [6.07, 6.45) is 0. The van der Waals surface area contributed by atoms with E-state index in [-0.39, 0.29) is 24.1 Å². The van der Waals surface area contributed by atoms with Gasteiger partial charge in [-0.1, -0.05) is 17.8 Å². The number of aryl methyl sites for hydroxylation is 2. The van der Waals surface area contributed by atoms with Gasteiger partial charge in [0.05, 0.1) is 16.3 Å². The predicted octanol–water partition coefficient (Wildman–Crippen LogP) is 1.78. The lowest BCUT2D eigenvalue weighted by Gasteiger charge is -2.09. The fraction of sp³-hybridized carbons (Fsp3) is 0.353. The van der Waals surface area contributed by atoms with Crippen LogP contribution in [-0.2, 0) is 22.7 Å². The molecule has 2 amide bonds. The number of amides is 2. The van der Waals surface area contributed by atoms with E-state index >= 15 is 0 Å². The van der Waals surface area contributed by atoms with Gasteiger partial charge in [-0.2, -0.15) is 5.10 Å². The molecule has 0 saturated carbocycles. The molecule has 0 unspecified atom stereocenters. The van der Waals surface area contributed by atoms with Gasteiger partial charge in [0.1, 0.15) is 6.54 Å². The van der Waals surface area contributed by atoms with Crippen LogP contribution in [0, 0.1) is 13.8 Å². The Labute approximate surface area is 170 Å². The third kappa shape index (κ3) is 4.78. The summed E-state index contributed by atoms with van der Waals surface area (Å²) in [5.41, 5.74) is 6.55. The Hall–Kier alpha value is -2.66. The molecule has 11 heteroatoms. The van der Waals surface area contributed by atoms with Crippen LogP contribution in [0.1, 0.15) is 18.3 Å². The van der Waals surface area contributed by atoms with Gasteiger partial charge in [-0.05, 0) is 38.3 Å². The summed E-state index contributed by atoms with van der Waals surface area (Å²) in [5.74, 6) is 0.234. The number of hydrogen-bond donors (Lipinski definition) is 2. The van der Waals surface area contributed by atoms with Crippen molar-refractivity contribution in [3.8, 4) is 10.7 Å². The van der Waals surface area contributed by atoms with Crippen LogP contribution in [0.3, 0.4) is 0 Å². The zero-order valence-electron chi connectivity index (χ0n) is 15.8. The maximum atomic E-state index is 12.1. The Morgan fingerprint density at radius 2 is 2.00 bits per heavy atom. The Morgan fingerprint density at radius 3 is 2.64 bits per heavy atom. The summed E-state index contributed by atoms with van der Waals surface area (Å²) in [5, 5.41) is 15.3. The topological polar surface area (TPSA) is 107 Å². The number of thioether (sulfide) groups is 1. The molecule has 0 saturated heterocycles.